The number of aliphatic hydroxyl groups excluding tert-OH is 1. The van der Waals surface area contributed by atoms with Gasteiger partial charge in [-0.2, -0.15) is 0 Å². The first-order valence-corrected chi connectivity index (χ1v) is 16.5. The number of phenols is 1. The van der Waals surface area contributed by atoms with Gasteiger partial charge in [0, 0.05) is 41.4 Å². The number of ketones is 2. The standard InChI is InChI=1S/C38H46O9/c1-19(2)10-9-14-36(8)18-25(39)27-30(41)28-29(40)24-16-22-17-26-35(6,7)47-37(33(22)42,15-13-21(5)34(43)44)38(24,26)46-32(28)23(31(27)45-36)12-11-20(3)4/h10-11,13,16,22,25-26,39,41H,9,12,14-15,17-18H2,1-8H3,(H,43,44)/b21-13+/t22-,25+,26-,36+,37+,38-/m1/s1. The second kappa shape index (κ2) is 10.9. The van der Waals surface area contributed by atoms with Crippen LogP contribution in [0.4, 0.5) is 0 Å². The summed E-state index contributed by atoms with van der Waals surface area (Å²) < 4.78 is 20.6. The fourth-order valence-electron chi connectivity index (χ4n) is 8.64. The van der Waals surface area contributed by atoms with E-state index < -0.39 is 52.1 Å². The second-order valence-corrected chi connectivity index (χ2v) is 15.3. The van der Waals surface area contributed by atoms with Crippen LogP contribution in [0.5, 0.6) is 17.2 Å². The van der Waals surface area contributed by atoms with Crippen molar-refractivity contribution in [3.05, 3.63) is 63.3 Å². The van der Waals surface area contributed by atoms with Gasteiger partial charge in [-0.15, -0.1) is 0 Å². The van der Waals surface area contributed by atoms with E-state index in [1.807, 2.05) is 54.5 Å². The molecule has 9 nitrogen and oxygen atoms in total. The molecule has 3 N–H and O–H groups in total. The molecule has 9 heteroatoms. The molecule has 1 aromatic carbocycles. The minimum absolute atomic E-state index is 0.0497. The highest BCUT2D eigenvalue weighted by atomic mass is 16.6. The normalized spacial score (nSPS) is 32.7. The summed E-state index contributed by atoms with van der Waals surface area (Å²) in [6.45, 7) is 15.1. The van der Waals surface area contributed by atoms with Crippen LogP contribution >= 0.6 is 0 Å². The molecule has 1 saturated heterocycles. The Balaban J connectivity index is 1.60. The highest BCUT2D eigenvalue weighted by molar-refractivity contribution is 6.18. The number of aliphatic hydroxyl groups is 1. The van der Waals surface area contributed by atoms with Crippen molar-refractivity contribution in [1.29, 1.82) is 0 Å². The third kappa shape index (κ3) is 4.75. The van der Waals surface area contributed by atoms with Gasteiger partial charge < -0.3 is 29.5 Å². The Bertz CT molecular complexity index is 1720. The lowest BCUT2D eigenvalue weighted by Gasteiger charge is -2.56. The first-order chi connectivity index (χ1) is 21.9. The molecule has 0 unspecified atom stereocenters. The maximum atomic E-state index is 14.8. The summed E-state index contributed by atoms with van der Waals surface area (Å²) in [4.78, 5) is 40.9. The number of carbonyl (C=O) groups is 3. The van der Waals surface area contributed by atoms with Gasteiger partial charge in [0.25, 0.3) is 0 Å². The van der Waals surface area contributed by atoms with Crippen molar-refractivity contribution in [1.82, 2.24) is 0 Å². The Hall–Kier alpha value is -3.69. The number of Topliss-reactive ketones (excluding diaryl/α,β-unsaturated/α-hetero) is 2. The van der Waals surface area contributed by atoms with Crippen LogP contribution < -0.4 is 9.47 Å². The first kappa shape index (κ1) is 33.2. The Labute approximate surface area is 276 Å². The summed E-state index contributed by atoms with van der Waals surface area (Å²) in [6, 6.07) is 0. The summed E-state index contributed by atoms with van der Waals surface area (Å²) in [7, 11) is 0. The Morgan fingerprint density at radius 1 is 1.00 bits per heavy atom. The maximum Gasteiger partial charge on any atom is 0.330 e. The summed E-state index contributed by atoms with van der Waals surface area (Å²) in [6.07, 6.45) is 8.28. The fourth-order valence-corrected chi connectivity index (χ4v) is 8.64. The number of benzene rings is 1. The molecule has 0 aromatic heterocycles. The topological polar surface area (TPSA) is 140 Å². The lowest BCUT2D eigenvalue weighted by atomic mass is 9.51. The predicted molar refractivity (Wildman–Crippen MR) is 175 cm³/mol. The van der Waals surface area contributed by atoms with Gasteiger partial charge in [0.1, 0.15) is 28.4 Å². The number of rotatable bonds is 8. The van der Waals surface area contributed by atoms with Crippen molar-refractivity contribution in [3.63, 3.8) is 0 Å². The molecule has 6 atom stereocenters. The van der Waals surface area contributed by atoms with Crippen LogP contribution in [0.3, 0.4) is 0 Å². The van der Waals surface area contributed by atoms with Gasteiger partial charge in [-0.05, 0) is 81.1 Å². The average molecular weight is 647 g/mol. The summed E-state index contributed by atoms with van der Waals surface area (Å²) in [5.74, 6) is -2.90. The number of hydrogen-bond donors (Lipinski definition) is 3. The molecule has 252 valence electrons. The molecule has 1 spiro atoms. The van der Waals surface area contributed by atoms with Crippen LogP contribution in [0, 0.1) is 11.8 Å². The molecule has 2 fully saturated rings. The molecule has 3 heterocycles. The smallest absolute Gasteiger partial charge is 0.330 e. The highest BCUT2D eigenvalue weighted by Gasteiger charge is 2.81. The van der Waals surface area contributed by atoms with Gasteiger partial charge in [0.15, 0.2) is 22.8 Å². The van der Waals surface area contributed by atoms with Gasteiger partial charge >= 0.3 is 5.97 Å². The zero-order chi connectivity index (χ0) is 34.4. The lowest BCUT2D eigenvalue weighted by Crippen LogP contribution is -2.72. The van der Waals surface area contributed by atoms with Crippen molar-refractivity contribution >= 4 is 17.5 Å². The van der Waals surface area contributed by atoms with Gasteiger partial charge in [0.05, 0.1) is 17.3 Å². The zero-order valence-electron chi connectivity index (χ0n) is 28.6. The molecule has 0 amide bonds. The monoisotopic (exact) mass is 646 g/mol. The van der Waals surface area contributed by atoms with E-state index in [4.69, 9.17) is 14.2 Å². The second-order valence-electron chi connectivity index (χ2n) is 15.3. The van der Waals surface area contributed by atoms with Gasteiger partial charge in [-0.25, -0.2) is 4.79 Å². The Kier molecular flexibility index (Phi) is 7.72. The van der Waals surface area contributed by atoms with Crippen molar-refractivity contribution in [2.24, 2.45) is 11.8 Å². The van der Waals surface area contributed by atoms with Crippen molar-refractivity contribution < 1.29 is 43.9 Å². The summed E-state index contributed by atoms with van der Waals surface area (Å²) >= 11 is 0. The molecule has 1 aromatic rings. The van der Waals surface area contributed by atoms with Crippen molar-refractivity contribution in [3.8, 4) is 17.2 Å². The van der Waals surface area contributed by atoms with E-state index >= 15 is 0 Å². The molecule has 3 aliphatic heterocycles. The molecular weight excluding hydrogens is 600 g/mol. The molecule has 7 rings (SSSR count). The number of hydrogen-bond acceptors (Lipinski definition) is 8. The number of aliphatic carboxylic acids is 1. The Morgan fingerprint density at radius 2 is 1.68 bits per heavy atom. The van der Waals surface area contributed by atoms with Gasteiger partial charge in [-0.3, -0.25) is 9.59 Å². The van der Waals surface area contributed by atoms with Crippen LogP contribution in [-0.4, -0.2) is 55.3 Å². The molecule has 3 aliphatic carbocycles. The van der Waals surface area contributed by atoms with Crippen molar-refractivity contribution in [2.45, 2.75) is 122 Å². The average Bonchev–Trinajstić information content (AvgIpc) is 3.11. The number of carboxylic acids is 1. The quantitative estimate of drug-likeness (QED) is 0.209. The van der Waals surface area contributed by atoms with Crippen LogP contribution in [0.1, 0.15) is 115 Å². The first-order valence-electron chi connectivity index (χ1n) is 16.5. The number of phenolic OH excluding ortho intramolecular Hbond substituents is 1. The summed E-state index contributed by atoms with van der Waals surface area (Å²) in [5.41, 5.74) is -1.83. The van der Waals surface area contributed by atoms with E-state index in [0.717, 1.165) is 12.0 Å². The molecule has 6 aliphatic rings. The van der Waals surface area contributed by atoms with Gasteiger partial charge in [-0.1, -0.05) is 35.5 Å². The number of allylic oxidation sites excluding steroid dienone is 5. The maximum absolute atomic E-state index is 14.8. The fraction of sp³-hybridized carbons (Fsp3) is 0.553. The van der Waals surface area contributed by atoms with E-state index in [0.29, 0.717) is 18.4 Å². The van der Waals surface area contributed by atoms with E-state index in [9.17, 15) is 29.7 Å². The summed E-state index contributed by atoms with van der Waals surface area (Å²) in [5, 5.41) is 33.0. The predicted octanol–water partition coefficient (Wildman–Crippen LogP) is 6.65. The minimum atomic E-state index is -1.67. The van der Waals surface area contributed by atoms with E-state index in [-0.39, 0.29) is 64.6 Å². The van der Waals surface area contributed by atoms with Crippen LogP contribution in [-0.2, 0) is 20.7 Å². The SMILES string of the molecule is CC(C)=CCC[C@@]1(C)C[C@H](O)c2c(O)c3c(c(CC=C(C)C)c2O1)O[C@]12C(=C[C@@H]4C[C@@H]1C(C)(C)O[C@@]2(C/C=C(\C)C(=O)O)C4=O)C3=O. The largest absolute Gasteiger partial charge is 0.506 e. The molecular formula is C38H46O9. The molecule has 0 radical (unpaired) electrons. The number of ether oxygens (including phenoxy) is 3. The third-order valence-electron chi connectivity index (χ3n) is 10.9. The van der Waals surface area contributed by atoms with E-state index in [1.54, 1.807) is 6.08 Å². The molecule has 4 bridgehead atoms. The van der Waals surface area contributed by atoms with Crippen LogP contribution in [0.2, 0.25) is 0 Å². The number of aromatic hydroxyl groups is 1. The van der Waals surface area contributed by atoms with Crippen molar-refractivity contribution in [2.75, 3.05) is 0 Å². The zero-order valence-corrected chi connectivity index (χ0v) is 28.6. The number of fused-ring (bicyclic) bond motifs is 2. The third-order valence-corrected chi connectivity index (χ3v) is 10.9. The van der Waals surface area contributed by atoms with E-state index in [2.05, 4.69) is 6.08 Å². The number of carbonyl (C=O) groups excluding carboxylic acids is 2. The lowest BCUT2D eigenvalue weighted by molar-refractivity contribution is -0.171. The van der Waals surface area contributed by atoms with Crippen LogP contribution in [0.25, 0.3) is 0 Å². The van der Waals surface area contributed by atoms with Crippen LogP contribution in [0.15, 0.2) is 46.6 Å². The molecule has 47 heavy (non-hydrogen) atoms. The molecule has 1 saturated carbocycles. The Morgan fingerprint density at radius 3 is 2.32 bits per heavy atom. The van der Waals surface area contributed by atoms with Gasteiger partial charge in [0.2, 0.25) is 0 Å². The highest BCUT2D eigenvalue weighted by Crippen LogP contribution is 2.69. The number of carboxylic acid groups (broad SMARTS) is 1. The van der Waals surface area contributed by atoms with E-state index in [1.165, 1.54) is 18.6 Å². The minimum Gasteiger partial charge on any atom is -0.506 e.